The molecule has 1 atom stereocenters. The first-order chi connectivity index (χ1) is 13.7. The molecule has 4 rings (SSSR count). The van der Waals surface area contributed by atoms with E-state index >= 15 is 0 Å². The maximum Gasteiger partial charge on any atom is 0.0725 e. The zero-order valence-corrected chi connectivity index (χ0v) is 17.5. The molecule has 1 aromatic heterocycles. The highest BCUT2D eigenvalue weighted by Gasteiger charge is 2.25. The van der Waals surface area contributed by atoms with Gasteiger partial charge >= 0.3 is 0 Å². The van der Waals surface area contributed by atoms with Gasteiger partial charge in [0, 0.05) is 10.9 Å². The number of pyridine rings is 1. The van der Waals surface area contributed by atoms with Gasteiger partial charge in [-0.05, 0) is 58.6 Å². The van der Waals surface area contributed by atoms with Crippen LogP contribution in [0.25, 0.3) is 22.6 Å². The van der Waals surface area contributed by atoms with Crippen LogP contribution in [0.5, 0.6) is 0 Å². The molecule has 29 heavy (non-hydrogen) atoms. The second-order valence-corrected chi connectivity index (χ2v) is 9.17. The van der Waals surface area contributed by atoms with Crippen molar-refractivity contribution in [2.24, 2.45) is 5.92 Å². The average molecular weight is 384 g/mol. The van der Waals surface area contributed by atoms with E-state index in [-0.39, 0.29) is 5.41 Å². The monoisotopic (exact) mass is 384 g/mol. The first-order valence-electron chi connectivity index (χ1n) is 10.2. The zero-order valence-electron chi connectivity index (χ0n) is 17.5. The number of carboxylic acids is 1. The number of rotatable bonds is 2. The molecule has 0 fully saturated rings. The van der Waals surface area contributed by atoms with Gasteiger partial charge in [0.25, 0.3) is 0 Å². The smallest absolute Gasteiger partial charge is 0.0725 e. The van der Waals surface area contributed by atoms with Crippen LogP contribution in [0.15, 0.2) is 48.5 Å². The maximum atomic E-state index is 12.0. The maximum absolute atomic E-state index is 12.0. The number of allylic oxidation sites excluding steroid dienone is 1. The largest absolute Gasteiger partial charge is 0.545 e. The number of carbonyl (C=O) groups is 1. The molecule has 3 heteroatoms. The number of aromatic nitrogens is 1. The topological polar surface area (TPSA) is 53.0 Å². The van der Waals surface area contributed by atoms with Gasteiger partial charge < -0.3 is 9.90 Å². The minimum atomic E-state index is -1.12. The van der Waals surface area contributed by atoms with Crippen LogP contribution >= 0.6 is 0 Å². The number of para-hydroxylation sites is 1. The second kappa shape index (κ2) is 7.14. The van der Waals surface area contributed by atoms with Crippen LogP contribution < -0.4 is 5.11 Å². The van der Waals surface area contributed by atoms with Crippen molar-refractivity contribution in [3.8, 4) is 0 Å². The van der Waals surface area contributed by atoms with E-state index in [9.17, 15) is 9.90 Å². The van der Waals surface area contributed by atoms with Crippen LogP contribution in [-0.4, -0.2) is 11.0 Å². The van der Waals surface area contributed by atoms with Crippen molar-refractivity contribution in [3.05, 3.63) is 76.5 Å². The normalized spacial score (nSPS) is 18.1. The van der Waals surface area contributed by atoms with E-state index in [1.54, 1.807) is 0 Å². The fraction of sp³-hybridized carbons (Fsp3) is 0.308. The van der Waals surface area contributed by atoms with Gasteiger partial charge in [-0.3, -0.25) is 0 Å². The number of benzene rings is 2. The molecule has 3 nitrogen and oxygen atoms in total. The lowest BCUT2D eigenvalue weighted by molar-refractivity contribution is -0.254. The summed E-state index contributed by atoms with van der Waals surface area (Å²) in [6, 6.07) is 16.0. The molecule has 0 bridgehead atoms. The molecule has 0 saturated carbocycles. The molecule has 148 valence electrons. The van der Waals surface area contributed by atoms with Crippen molar-refractivity contribution >= 4 is 28.5 Å². The van der Waals surface area contributed by atoms with Gasteiger partial charge in [-0.1, -0.05) is 70.2 Å². The van der Waals surface area contributed by atoms with Crippen LogP contribution in [0.2, 0.25) is 0 Å². The third kappa shape index (κ3) is 3.69. The number of carbonyl (C=O) groups excluding carboxylic acids is 1. The molecule has 0 spiro atoms. The molecular weight excluding hydrogens is 358 g/mol. The standard InChI is InChI=1S/C26H27NO2/c1-16-13-18(15-17-9-11-19(12-10-17)26(2,3)4)24-21(14-16)23(25(28)29)20-7-5-6-8-22(20)27-24/h5-12,15-16H,13-14H2,1-4H3,(H,28,29)/p-1/b18-15+/t16-/m0/s1. The highest BCUT2D eigenvalue weighted by Crippen LogP contribution is 2.38. The van der Waals surface area contributed by atoms with Gasteiger partial charge in [0.1, 0.15) is 0 Å². The summed E-state index contributed by atoms with van der Waals surface area (Å²) in [5.41, 5.74) is 6.22. The molecular formula is C26H26NO2-. The molecule has 1 aliphatic rings. The molecule has 0 aliphatic heterocycles. The van der Waals surface area contributed by atoms with E-state index in [1.807, 2.05) is 24.3 Å². The molecule has 1 aliphatic carbocycles. The zero-order chi connectivity index (χ0) is 20.8. The molecule has 0 unspecified atom stereocenters. The number of hydrogen-bond donors (Lipinski definition) is 0. The van der Waals surface area contributed by atoms with Gasteiger partial charge in [-0.25, -0.2) is 4.98 Å². The summed E-state index contributed by atoms with van der Waals surface area (Å²) in [6.07, 6.45) is 3.74. The lowest BCUT2D eigenvalue weighted by Gasteiger charge is -2.27. The van der Waals surface area contributed by atoms with Crippen LogP contribution in [0.4, 0.5) is 0 Å². The molecule has 1 heterocycles. The molecule has 3 aromatic rings. The predicted molar refractivity (Wildman–Crippen MR) is 117 cm³/mol. The Morgan fingerprint density at radius 2 is 1.76 bits per heavy atom. The van der Waals surface area contributed by atoms with E-state index in [4.69, 9.17) is 4.98 Å². The van der Waals surface area contributed by atoms with Crippen LogP contribution in [0.3, 0.4) is 0 Å². The van der Waals surface area contributed by atoms with Gasteiger partial charge in [0.15, 0.2) is 0 Å². The highest BCUT2D eigenvalue weighted by molar-refractivity contribution is 6.05. The third-order valence-electron chi connectivity index (χ3n) is 5.74. The Kier molecular flexibility index (Phi) is 4.77. The summed E-state index contributed by atoms with van der Waals surface area (Å²) in [4.78, 5) is 16.9. The average Bonchev–Trinajstić information content (AvgIpc) is 2.66. The van der Waals surface area contributed by atoms with Crippen LogP contribution in [-0.2, 0) is 11.8 Å². The summed E-state index contributed by atoms with van der Waals surface area (Å²) < 4.78 is 0. The third-order valence-corrected chi connectivity index (χ3v) is 5.74. The fourth-order valence-electron chi connectivity index (χ4n) is 4.25. The minimum Gasteiger partial charge on any atom is -0.545 e. The van der Waals surface area contributed by atoms with E-state index in [1.165, 1.54) is 5.56 Å². The number of hydrogen-bond acceptors (Lipinski definition) is 3. The number of aromatic carboxylic acids is 1. The Morgan fingerprint density at radius 1 is 1.07 bits per heavy atom. The van der Waals surface area contributed by atoms with Crippen LogP contribution in [0.1, 0.15) is 66.9 Å². The van der Waals surface area contributed by atoms with Gasteiger partial charge in [0.2, 0.25) is 0 Å². The summed E-state index contributed by atoms with van der Waals surface area (Å²) in [6.45, 7) is 8.77. The van der Waals surface area contributed by atoms with Crippen molar-refractivity contribution in [2.75, 3.05) is 0 Å². The van der Waals surface area contributed by atoms with Crippen molar-refractivity contribution in [3.63, 3.8) is 0 Å². The fourth-order valence-corrected chi connectivity index (χ4v) is 4.25. The number of nitrogens with zero attached hydrogens (tertiary/aromatic N) is 1. The first-order valence-corrected chi connectivity index (χ1v) is 10.2. The lowest BCUT2D eigenvalue weighted by Crippen LogP contribution is -2.27. The van der Waals surface area contributed by atoms with Crippen molar-refractivity contribution in [2.45, 2.75) is 46.0 Å². The second-order valence-electron chi connectivity index (χ2n) is 9.17. The molecule has 2 aromatic carbocycles. The molecule has 0 N–H and O–H groups in total. The highest BCUT2D eigenvalue weighted by atomic mass is 16.4. The summed E-state index contributed by atoms with van der Waals surface area (Å²) in [5, 5.41) is 12.7. The Morgan fingerprint density at radius 3 is 2.41 bits per heavy atom. The first kappa shape index (κ1) is 19.4. The van der Waals surface area contributed by atoms with E-state index in [2.05, 4.69) is 58.0 Å². The SMILES string of the molecule is C[C@H]1C/C(=C\c2ccc(C(C)(C)C)cc2)c2nc3ccccc3c(C(=O)[O-])c2C1. The lowest BCUT2D eigenvalue weighted by atomic mass is 9.80. The Balaban J connectivity index is 1.88. The van der Waals surface area contributed by atoms with Crippen molar-refractivity contribution in [1.82, 2.24) is 4.98 Å². The minimum absolute atomic E-state index is 0.113. The quantitative estimate of drug-likeness (QED) is 0.623. The number of fused-ring (bicyclic) bond motifs is 2. The predicted octanol–water partition coefficient (Wildman–Crippen LogP) is 5.02. The molecule has 0 saturated heterocycles. The van der Waals surface area contributed by atoms with Gasteiger partial charge in [-0.2, -0.15) is 0 Å². The van der Waals surface area contributed by atoms with Gasteiger partial charge in [0.05, 0.1) is 17.2 Å². The Hall–Kier alpha value is -2.94. The Bertz CT molecular complexity index is 1120. The molecule has 0 radical (unpaired) electrons. The molecule has 0 amide bonds. The van der Waals surface area contributed by atoms with E-state index in [0.29, 0.717) is 28.8 Å². The van der Waals surface area contributed by atoms with Crippen LogP contribution in [0, 0.1) is 5.92 Å². The van der Waals surface area contributed by atoms with E-state index in [0.717, 1.165) is 28.8 Å². The van der Waals surface area contributed by atoms with Crippen molar-refractivity contribution in [1.29, 1.82) is 0 Å². The van der Waals surface area contributed by atoms with Crippen molar-refractivity contribution < 1.29 is 9.90 Å². The number of carboxylic acid groups (broad SMARTS) is 1. The summed E-state index contributed by atoms with van der Waals surface area (Å²) in [5.74, 6) is -0.772. The summed E-state index contributed by atoms with van der Waals surface area (Å²) in [7, 11) is 0. The Labute approximate surface area is 172 Å². The summed E-state index contributed by atoms with van der Waals surface area (Å²) >= 11 is 0. The van der Waals surface area contributed by atoms with Gasteiger partial charge in [-0.15, -0.1) is 0 Å². The van der Waals surface area contributed by atoms with E-state index < -0.39 is 5.97 Å².